The van der Waals surface area contributed by atoms with Crippen molar-refractivity contribution in [2.24, 2.45) is 0 Å². The topological polar surface area (TPSA) is 54.9 Å². The summed E-state index contributed by atoms with van der Waals surface area (Å²) in [5.41, 5.74) is 4.93. The molecule has 122 valence electrons. The molecule has 1 N–H and O–H groups in total. The van der Waals surface area contributed by atoms with Crippen LogP contribution in [-0.4, -0.2) is 15.9 Å². The van der Waals surface area contributed by atoms with Crippen LogP contribution in [0.1, 0.15) is 23.2 Å². The molecule has 24 heavy (non-hydrogen) atoms. The molecule has 5 heteroatoms. The third kappa shape index (κ3) is 4.26. The van der Waals surface area contributed by atoms with E-state index >= 15 is 0 Å². The quantitative estimate of drug-likeness (QED) is 0.751. The van der Waals surface area contributed by atoms with Crippen LogP contribution in [0.25, 0.3) is 10.7 Å². The van der Waals surface area contributed by atoms with Gasteiger partial charge in [-0.2, -0.15) is 0 Å². The second kappa shape index (κ2) is 7.36. The van der Waals surface area contributed by atoms with Crippen LogP contribution in [0.4, 0.5) is 5.69 Å². The minimum Gasteiger partial charge on any atom is -0.326 e. The van der Waals surface area contributed by atoms with Crippen molar-refractivity contribution < 1.29 is 4.79 Å². The van der Waals surface area contributed by atoms with Gasteiger partial charge in [0.05, 0.1) is 11.4 Å². The first-order valence-corrected chi connectivity index (χ1v) is 8.72. The van der Waals surface area contributed by atoms with E-state index in [0.29, 0.717) is 12.8 Å². The first-order chi connectivity index (χ1) is 11.6. The van der Waals surface area contributed by atoms with E-state index in [1.165, 1.54) is 0 Å². The van der Waals surface area contributed by atoms with E-state index in [-0.39, 0.29) is 5.91 Å². The summed E-state index contributed by atoms with van der Waals surface area (Å²) in [6, 6.07) is 11.8. The zero-order valence-corrected chi connectivity index (χ0v) is 14.6. The van der Waals surface area contributed by atoms with E-state index in [4.69, 9.17) is 0 Å². The Labute approximate surface area is 145 Å². The normalized spacial score (nSPS) is 10.6. The average molecular weight is 337 g/mol. The monoisotopic (exact) mass is 337 g/mol. The molecule has 4 nitrogen and oxygen atoms in total. The number of rotatable bonds is 5. The molecule has 1 aromatic carbocycles. The fourth-order valence-corrected chi connectivity index (χ4v) is 3.37. The Balaban J connectivity index is 1.58. The molecule has 0 spiro atoms. The van der Waals surface area contributed by atoms with Gasteiger partial charge in [0, 0.05) is 23.7 Å². The van der Waals surface area contributed by atoms with Crippen molar-refractivity contribution >= 4 is 22.9 Å². The summed E-state index contributed by atoms with van der Waals surface area (Å²) in [6.07, 6.45) is 2.80. The maximum atomic E-state index is 12.1. The van der Waals surface area contributed by atoms with Gasteiger partial charge in [-0.05, 0) is 55.7 Å². The van der Waals surface area contributed by atoms with Crippen LogP contribution in [-0.2, 0) is 11.2 Å². The highest BCUT2D eigenvalue weighted by molar-refractivity contribution is 7.13. The van der Waals surface area contributed by atoms with Crippen molar-refractivity contribution in [1.82, 2.24) is 9.97 Å². The predicted octanol–water partition coefficient (Wildman–Crippen LogP) is 4.39. The molecule has 0 aliphatic carbocycles. The number of benzene rings is 1. The molecule has 3 rings (SSSR count). The van der Waals surface area contributed by atoms with Crippen molar-refractivity contribution in [1.29, 1.82) is 0 Å². The predicted molar refractivity (Wildman–Crippen MR) is 98.2 cm³/mol. The molecule has 2 heterocycles. The van der Waals surface area contributed by atoms with Crippen LogP contribution in [0, 0.1) is 13.8 Å². The number of hydrogen-bond donors (Lipinski definition) is 1. The molecule has 1 amide bonds. The lowest BCUT2D eigenvalue weighted by Gasteiger charge is -2.07. The number of hydrogen-bond acceptors (Lipinski definition) is 4. The third-order valence-corrected chi connectivity index (χ3v) is 4.46. The zero-order chi connectivity index (χ0) is 16.9. The van der Waals surface area contributed by atoms with Crippen LogP contribution < -0.4 is 5.32 Å². The van der Waals surface area contributed by atoms with Crippen molar-refractivity contribution in [3.63, 3.8) is 0 Å². The van der Waals surface area contributed by atoms with Gasteiger partial charge in [-0.1, -0.05) is 12.1 Å². The molecule has 0 aliphatic heterocycles. The number of nitrogens with zero attached hydrogens (tertiary/aromatic N) is 2. The Morgan fingerprint density at radius 3 is 2.67 bits per heavy atom. The lowest BCUT2D eigenvalue weighted by molar-refractivity contribution is -0.116. The van der Waals surface area contributed by atoms with Gasteiger partial charge < -0.3 is 5.32 Å². The van der Waals surface area contributed by atoms with Crippen molar-refractivity contribution in [2.75, 3.05) is 5.32 Å². The number of anilines is 1. The van der Waals surface area contributed by atoms with E-state index in [1.807, 2.05) is 49.6 Å². The summed E-state index contributed by atoms with van der Waals surface area (Å²) in [7, 11) is 0. The van der Waals surface area contributed by atoms with Crippen LogP contribution in [0.3, 0.4) is 0 Å². The lowest BCUT2D eigenvalue weighted by atomic mass is 10.1. The lowest BCUT2D eigenvalue weighted by Crippen LogP contribution is -2.12. The zero-order valence-electron chi connectivity index (χ0n) is 13.7. The maximum absolute atomic E-state index is 12.1. The third-order valence-electron chi connectivity index (χ3n) is 3.55. The molecule has 0 saturated carbocycles. The number of amides is 1. The number of carbonyl (C=O) groups is 1. The van der Waals surface area contributed by atoms with E-state index < -0.39 is 0 Å². The van der Waals surface area contributed by atoms with Gasteiger partial charge in [-0.3, -0.25) is 9.78 Å². The molecular weight excluding hydrogens is 318 g/mol. The van der Waals surface area contributed by atoms with E-state index in [0.717, 1.165) is 33.2 Å². The van der Waals surface area contributed by atoms with Crippen LogP contribution >= 0.6 is 11.3 Å². The minimum absolute atomic E-state index is 0.00684. The van der Waals surface area contributed by atoms with Crippen molar-refractivity contribution in [2.45, 2.75) is 26.7 Å². The first kappa shape index (κ1) is 16.3. The molecule has 0 saturated heterocycles. The molecule has 0 radical (unpaired) electrons. The fourth-order valence-electron chi connectivity index (χ4n) is 2.54. The number of nitrogens with one attached hydrogen (secondary N) is 1. The van der Waals surface area contributed by atoms with Crippen LogP contribution in [0.5, 0.6) is 0 Å². The average Bonchev–Trinajstić information content (AvgIpc) is 3.02. The summed E-state index contributed by atoms with van der Waals surface area (Å²) < 4.78 is 0. The van der Waals surface area contributed by atoms with Gasteiger partial charge in [0.25, 0.3) is 0 Å². The van der Waals surface area contributed by atoms with Gasteiger partial charge >= 0.3 is 0 Å². The number of carbonyl (C=O) groups excluding carboxylic acids is 1. The second-order valence-corrected chi connectivity index (χ2v) is 6.64. The summed E-state index contributed by atoms with van der Waals surface area (Å²) in [5, 5.41) is 5.84. The molecule has 0 atom stereocenters. The van der Waals surface area contributed by atoms with Gasteiger partial charge in [0.2, 0.25) is 5.91 Å². The molecule has 0 bridgehead atoms. The molecular formula is C19H19N3OS. The maximum Gasteiger partial charge on any atom is 0.224 e. The van der Waals surface area contributed by atoms with Gasteiger partial charge in [-0.25, -0.2) is 4.98 Å². The SMILES string of the molecule is Cc1cc(C)cc(NC(=O)CCc2csc(-c3ccccn3)n2)c1. The van der Waals surface area contributed by atoms with Crippen molar-refractivity contribution in [3.8, 4) is 10.7 Å². The molecule has 2 aromatic heterocycles. The Hall–Kier alpha value is -2.53. The van der Waals surface area contributed by atoms with Gasteiger partial charge in [-0.15, -0.1) is 11.3 Å². The van der Waals surface area contributed by atoms with Gasteiger partial charge in [0.15, 0.2) is 0 Å². The number of aromatic nitrogens is 2. The van der Waals surface area contributed by atoms with Gasteiger partial charge in [0.1, 0.15) is 5.01 Å². The van der Waals surface area contributed by atoms with Crippen LogP contribution in [0.2, 0.25) is 0 Å². The van der Waals surface area contributed by atoms with Crippen LogP contribution in [0.15, 0.2) is 48.0 Å². The minimum atomic E-state index is 0.00684. The first-order valence-electron chi connectivity index (χ1n) is 7.84. The highest BCUT2D eigenvalue weighted by atomic mass is 32.1. The Morgan fingerprint density at radius 1 is 1.17 bits per heavy atom. The standard InChI is InChI=1S/C19H19N3OS/c1-13-9-14(2)11-16(10-13)21-18(23)7-6-15-12-24-19(22-15)17-5-3-4-8-20-17/h3-5,8-12H,6-7H2,1-2H3,(H,21,23). The number of thiazole rings is 1. The largest absolute Gasteiger partial charge is 0.326 e. The molecule has 3 aromatic rings. The smallest absolute Gasteiger partial charge is 0.224 e. The molecule has 0 aliphatic rings. The molecule has 0 unspecified atom stereocenters. The Kier molecular flexibility index (Phi) is 5.01. The number of pyridine rings is 1. The Bertz CT molecular complexity index is 823. The number of aryl methyl sites for hydroxylation is 3. The van der Waals surface area contributed by atoms with Crippen molar-refractivity contribution in [3.05, 3.63) is 64.8 Å². The summed E-state index contributed by atoms with van der Waals surface area (Å²) in [6.45, 7) is 4.05. The van der Waals surface area contributed by atoms with E-state index in [9.17, 15) is 4.79 Å². The highest BCUT2D eigenvalue weighted by Crippen LogP contribution is 2.22. The van der Waals surface area contributed by atoms with E-state index in [1.54, 1.807) is 17.5 Å². The van der Waals surface area contributed by atoms with E-state index in [2.05, 4.69) is 21.4 Å². The summed E-state index contributed by atoms with van der Waals surface area (Å²) >= 11 is 1.56. The highest BCUT2D eigenvalue weighted by Gasteiger charge is 2.08. The summed E-state index contributed by atoms with van der Waals surface area (Å²) in [4.78, 5) is 21.0. The fraction of sp³-hybridized carbons (Fsp3) is 0.211. The Morgan fingerprint density at radius 2 is 1.96 bits per heavy atom. The molecule has 0 fully saturated rings. The second-order valence-electron chi connectivity index (χ2n) is 5.78. The summed E-state index contributed by atoms with van der Waals surface area (Å²) in [5.74, 6) is 0.00684.